The van der Waals surface area contributed by atoms with Gasteiger partial charge in [-0.05, 0) is 53.9 Å². The average molecular weight is 592 g/mol. The number of anilines is 1. The third kappa shape index (κ3) is 6.12. The van der Waals surface area contributed by atoms with Gasteiger partial charge >= 0.3 is 6.09 Å². The van der Waals surface area contributed by atoms with Gasteiger partial charge in [-0.25, -0.2) is 14.8 Å². The lowest BCUT2D eigenvalue weighted by atomic mass is 9.93. The van der Waals surface area contributed by atoms with E-state index in [1.165, 1.54) is 13.5 Å². The first kappa shape index (κ1) is 27.7. The van der Waals surface area contributed by atoms with Crippen LogP contribution in [0.3, 0.4) is 0 Å². The SMILES string of the molecule is COC(=O)Nc1ccc(-c2cnc([C@@H](Cc3ccccc3)c3ccc(-c4cc(Cl)ccc4-c4cnco4)c[n+]3[O-])[nH]2)cc1. The van der Waals surface area contributed by atoms with Crippen molar-refractivity contribution in [2.45, 2.75) is 12.3 Å². The summed E-state index contributed by atoms with van der Waals surface area (Å²) in [5, 5.41) is 16.9. The monoisotopic (exact) mass is 591 g/mol. The molecule has 43 heavy (non-hydrogen) atoms. The molecule has 0 spiro atoms. The largest absolute Gasteiger partial charge is 0.618 e. The van der Waals surface area contributed by atoms with Crippen molar-refractivity contribution in [3.05, 3.63) is 137 Å². The topological polar surface area (TPSA) is 120 Å². The summed E-state index contributed by atoms with van der Waals surface area (Å²) in [4.78, 5) is 23.7. The van der Waals surface area contributed by atoms with Crippen molar-refractivity contribution < 1.29 is 18.7 Å². The Balaban J connectivity index is 1.35. The van der Waals surface area contributed by atoms with E-state index in [1.54, 1.807) is 42.9 Å². The van der Waals surface area contributed by atoms with E-state index in [0.29, 0.717) is 40.0 Å². The maximum atomic E-state index is 13.7. The molecule has 2 N–H and O–H groups in total. The van der Waals surface area contributed by atoms with Crippen molar-refractivity contribution in [2.75, 3.05) is 12.4 Å². The molecule has 1 atom stereocenters. The summed E-state index contributed by atoms with van der Waals surface area (Å²) in [7, 11) is 1.31. The lowest BCUT2D eigenvalue weighted by Gasteiger charge is -2.16. The second kappa shape index (κ2) is 12.2. The number of hydrogen-bond donors (Lipinski definition) is 2. The molecular weight excluding hydrogens is 566 g/mol. The highest BCUT2D eigenvalue weighted by Crippen LogP contribution is 2.35. The fourth-order valence-corrected chi connectivity index (χ4v) is 5.17. The Labute approximate surface area is 252 Å². The highest BCUT2D eigenvalue weighted by atomic mass is 35.5. The van der Waals surface area contributed by atoms with Gasteiger partial charge in [-0.2, -0.15) is 4.73 Å². The van der Waals surface area contributed by atoms with Crippen molar-refractivity contribution in [2.24, 2.45) is 0 Å². The molecule has 10 heteroatoms. The summed E-state index contributed by atoms with van der Waals surface area (Å²) in [6.45, 7) is 0. The number of benzene rings is 3. The number of hydrogen-bond acceptors (Lipinski definition) is 6. The highest BCUT2D eigenvalue weighted by Gasteiger charge is 2.27. The standard InChI is InChI=1S/C33H26ClN5O4/c1-42-33(40)37-25-11-7-22(8-12-25)29-17-36-32(38-29)28(15-21-5-3-2-4-6-21)30-14-9-23(19-39(30)41)27-16-24(34)10-13-26(27)31-18-35-20-43-31/h2-14,16-20,28H,15H2,1H3,(H,36,38)(H,37,40)/t28-/m0/s1. The third-order valence-electron chi connectivity index (χ3n) is 7.13. The number of oxazole rings is 1. The number of H-pyrrole nitrogens is 1. The molecule has 214 valence electrons. The van der Waals surface area contributed by atoms with Gasteiger partial charge < -0.3 is 19.3 Å². The number of aromatic amines is 1. The number of rotatable bonds is 8. The van der Waals surface area contributed by atoms with E-state index in [1.807, 2.05) is 60.7 Å². The van der Waals surface area contributed by atoms with Crippen molar-refractivity contribution >= 4 is 23.4 Å². The number of imidazole rings is 1. The van der Waals surface area contributed by atoms with Crippen LogP contribution < -0.4 is 10.0 Å². The van der Waals surface area contributed by atoms with E-state index < -0.39 is 6.09 Å². The minimum absolute atomic E-state index is 0.365. The quantitative estimate of drug-likeness (QED) is 0.142. The molecular formula is C33H26ClN5O4. The fraction of sp³-hybridized carbons (Fsp3) is 0.0909. The number of carbonyl (C=O) groups excluding carboxylic acids is 1. The number of methoxy groups -OCH3 is 1. The molecule has 6 rings (SSSR count). The van der Waals surface area contributed by atoms with Gasteiger partial charge in [0, 0.05) is 33.5 Å². The Morgan fingerprint density at radius 1 is 1.02 bits per heavy atom. The number of carbonyl (C=O) groups is 1. The summed E-state index contributed by atoms with van der Waals surface area (Å²) in [6.07, 6.45) is 6.30. The molecule has 0 radical (unpaired) electrons. The van der Waals surface area contributed by atoms with Gasteiger partial charge in [-0.3, -0.25) is 5.32 Å². The van der Waals surface area contributed by atoms with Crippen LogP contribution in [0.2, 0.25) is 5.02 Å². The van der Waals surface area contributed by atoms with Crippen LogP contribution in [0, 0.1) is 5.21 Å². The molecule has 9 nitrogen and oxygen atoms in total. The van der Waals surface area contributed by atoms with Crippen molar-refractivity contribution in [3.8, 4) is 33.7 Å². The van der Waals surface area contributed by atoms with E-state index in [-0.39, 0.29) is 5.92 Å². The summed E-state index contributed by atoms with van der Waals surface area (Å²) in [5.41, 5.74) is 6.08. The highest BCUT2D eigenvalue weighted by molar-refractivity contribution is 6.31. The number of ether oxygens (including phenoxy) is 1. The van der Waals surface area contributed by atoms with Gasteiger partial charge in [0.05, 0.1) is 25.2 Å². The number of amides is 1. The van der Waals surface area contributed by atoms with E-state index >= 15 is 0 Å². The summed E-state index contributed by atoms with van der Waals surface area (Å²) in [5.74, 6) is 0.863. The van der Waals surface area contributed by atoms with Crippen molar-refractivity contribution in [1.82, 2.24) is 15.0 Å². The van der Waals surface area contributed by atoms with Crippen LogP contribution in [0.15, 0.2) is 114 Å². The van der Waals surface area contributed by atoms with Gasteiger partial charge in [-0.1, -0.05) is 54.1 Å². The van der Waals surface area contributed by atoms with Crippen LogP contribution in [0.5, 0.6) is 0 Å². The Morgan fingerprint density at radius 2 is 1.81 bits per heavy atom. The number of halogens is 1. The number of aromatic nitrogens is 4. The minimum Gasteiger partial charge on any atom is -0.618 e. The normalized spacial score (nSPS) is 11.7. The second-order valence-corrected chi connectivity index (χ2v) is 10.3. The van der Waals surface area contributed by atoms with E-state index in [9.17, 15) is 10.0 Å². The Hall–Kier alpha value is -5.41. The lowest BCUT2D eigenvalue weighted by molar-refractivity contribution is -0.614. The van der Waals surface area contributed by atoms with Crippen molar-refractivity contribution in [1.29, 1.82) is 0 Å². The number of nitrogens with zero attached hydrogens (tertiary/aromatic N) is 3. The first-order valence-corrected chi connectivity index (χ1v) is 13.8. The second-order valence-electron chi connectivity index (χ2n) is 9.84. The Kier molecular flexibility index (Phi) is 7.88. The summed E-state index contributed by atoms with van der Waals surface area (Å²) in [6, 6.07) is 26.4. The van der Waals surface area contributed by atoms with Crippen LogP contribution in [0.25, 0.3) is 33.7 Å². The van der Waals surface area contributed by atoms with Crippen LogP contribution in [-0.4, -0.2) is 28.2 Å². The molecule has 3 heterocycles. The zero-order valence-corrected chi connectivity index (χ0v) is 23.8. The molecule has 3 aromatic heterocycles. The predicted octanol–water partition coefficient (Wildman–Crippen LogP) is 7.24. The minimum atomic E-state index is -0.540. The molecule has 1 amide bonds. The van der Waals surface area contributed by atoms with Gasteiger partial charge in [-0.15, -0.1) is 0 Å². The molecule has 0 aliphatic rings. The van der Waals surface area contributed by atoms with Gasteiger partial charge in [0.2, 0.25) is 5.69 Å². The molecule has 6 aromatic rings. The fourth-order valence-electron chi connectivity index (χ4n) is 4.99. The van der Waals surface area contributed by atoms with E-state index in [4.69, 9.17) is 21.0 Å². The smallest absolute Gasteiger partial charge is 0.411 e. The van der Waals surface area contributed by atoms with Gasteiger partial charge in [0.25, 0.3) is 0 Å². The maximum Gasteiger partial charge on any atom is 0.411 e. The first-order chi connectivity index (χ1) is 21.0. The van der Waals surface area contributed by atoms with E-state index in [2.05, 4.69) is 20.0 Å². The third-order valence-corrected chi connectivity index (χ3v) is 7.36. The van der Waals surface area contributed by atoms with Crippen molar-refractivity contribution in [3.63, 3.8) is 0 Å². The number of pyridine rings is 1. The van der Waals surface area contributed by atoms with Crippen LogP contribution >= 0.6 is 11.6 Å². The molecule has 0 bridgehead atoms. The van der Waals surface area contributed by atoms with Crippen LogP contribution in [0.4, 0.5) is 10.5 Å². The molecule has 0 fully saturated rings. The van der Waals surface area contributed by atoms with Gasteiger partial charge in [0.15, 0.2) is 18.4 Å². The Bertz CT molecular complexity index is 1850. The lowest BCUT2D eigenvalue weighted by Crippen LogP contribution is -2.34. The zero-order chi connectivity index (χ0) is 29.8. The molecule has 0 saturated carbocycles. The van der Waals surface area contributed by atoms with Crippen LogP contribution in [-0.2, 0) is 11.2 Å². The predicted molar refractivity (Wildman–Crippen MR) is 163 cm³/mol. The van der Waals surface area contributed by atoms with Crippen LogP contribution in [0.1, 0.15) is 23.0 Å². The number of nitrogens with one attached hydrogen (secondary N) is 2. The van der Waals surface area contributed by atoms with E-state index in [0.717, 1.165) is 32.7 Å². The zero-order valence-electron chi connectivity index (χ0n) is 23.0. The van der Waals surface area contributed by atoms with Gasteiger partial charge in [0.1, 0.15) is 11.7 Å². The average Bonchev–Trinajstić information content (AvgIpc) is 3.74. The molecule has 0 unspecified atom stereocenters. The maximum absolute atomic E-state index is 13.7. The molecule has 3 aromatic carbocycles. The molecule has 0 aliphatic heterocycles. The summed E-state index contributed by atoms with van der Waals surface area (Å²) >= 11 is 6.34. The first-order valence-electron chi connectivity index (χ1n) is 13.4. The molecule has 0 saturated heterocycles. The summed E-state index contributed by atoms with van der Waals surface area (Å²) < 4.78 is 11.1. The Morgan fingerprint density at radius 3 is 2.53 bits per heavy atom. The molecule has 0 aliphatic carbocycles.